The van der Waals surface area contributed by atoms with E-state index in [0.29, 0.717) is 22.9 Å². The van der Waals surface area contributed by atoms with Crippen molar-refractivity contribution in [3.8, 4) is 17.0 Å². The van der Waals surface area contributed by atoms with Crippen LogP contribution in [-0.4, -0.2) is 30.5 Å². The van der Waals surface area contributed by atoms with Crippen molar-refractivity contribution in [3.63, 3.8) is 0 Å². The largest absolute Gasteiger partial charge is 0.497 e. The zero-order chi connectivity index (χ0) is 22.0. The number of hydrogen-bond acceptors (Lipinski definition) is 5. The van der Waals surface area contributed by atoms with Gasteiger partial charge < -0.3 is 9.64 Å². The highest BCUT2D eigenvalue weighted by molar-refractivity contribution is 7.16. The van der Waals surface area contributed by atoms with Gasteiger partial charge in [-0.3, -0.25) is 14.9 Å². The average Bonchev–Trinajstić information content (AvgIpc) is 3.36. The fourth-order valence-electron chi connectivity index (χ4n) is 3.81. The van der Waals surface area contributed by atoms with E-state index < -0.39 is 0 Å². The van der Waals surface area contributed by atoms with Crippen LogP contribution >= 0.6 is 11.3 Å². The standard InChI is InChI=1S/C24H25N3O3S/c1-4-6-21(28)27-12-11-16-13-17(9-10-20(16)27)22-15(2)31-24(25-22)26-23(29)18-7-5-8-19(14-18)30-3/h5,7-10,13-14H,4,6,11-12H2,1-3H3,(H,25,26,29). The number of carbonyl (C=O) groups excluding carboxylic acids is 2. The normalized spacial score (nSPS) is 12.5. The molecular weight excluding hydrogens is 410 g/mol. The van der Waals surface area contributed by atoms with Gasteiger partial charge in [0.1, 0.15) is 5.75 Å². The van der Waals surface area contributed by atoms with Crippen LogP contribution < -0.4 is 15.0 Å². The van der Waals surface area contributed by atoms with E-state index in [1.807, 2.05) is 30.9 Å². The Morgan fingerprint density at radius 1 is 1.23 bits per heavy atom. The summed E-state index contributed by atoms with van der Waals surface area (Å²) in [7, 11) is 1.57. The molecule has 0 bridgehead atoms. The van der Waals surface area contributed by atoms with E-state index in [0.717, 1.165) is 46.8 Å². The third-order valence-corrected chi connectivity index (χ3v) is 6.25. The lowest BCUT2D eigenvalue weighted by Gasteiger charge is -2.17. The molecule has 0 spiro atoms. The summed E-state index contributed by atoms with van der Waals surface area (Å²) in [6, 6.07) is 13.2. The molecule has 0 unspecified atom stereocenters. The molecule has 31 heavy (non-hydrogen) atoms. The average molecular weight is 436 g/mol. The number of rotatable bonds is 6. The summed E-state index contributed by atoms with van der Waals surface area (Å²) in [6.45, 7) is 4.75. The van der Waals surface area contributed by atoms with E-state index in [1.54, 1.807) is 31.4 Å². The first-order valence-corrected chi connectivity index (χ1v) is 11.2. The smallest absolute Gasteiger partial charge is 0.257 e. The second-order valence-electron chi connectivity index (χ2n) is 7.50. The summed E-state index contributed by atoms with van der Waals surface area (Å²) in [5, 5.41) is 3.44. The van der Waals surface area contributed by atoms with Crippen molar-refractivity contribution in [2.45, 2.75) is 33.1 Å². The maximum atomic E-state index is 12.6. The van der Waals surface area contributed by atoms with Gasteiger partial charge in [-0.05, 0) is 55.7 Å². The molecule has 2 amide bonds. The summed E-state index contributed by atoms with van der Waals surface area (Å²) in [5.41, 5.74) is 4.53. The molecule has 0 fully saturated rings. The number of methoxy groups -OCH3 is 1. The van der Waals surface area contributed by atoms with Crippen LogP contribution in [0.2, 0.25) is 0 Å². The summed E-state index contributed by atoms with van der Waals surface area (Å²) in [5.74, 6) is 0.591. The molecule has 1 aromatic heterocycles. The molecule has 0 saturated heterocycles. The zero-order valence-electron chi connectivity index (χ0n) is 17.9. The molecular formula is C24H25N3O3S. The van der Waals surface area contributed by atoms with Gasteiger partial charge in [0.05, 0.1) is 12.8 Å². The maximum Gasteiger partial charge on any atom is 0.257 e. The Hall–Kier alpha value is -3.19. The molecule has 0 atom stereocenters. The predicted molar refractivity (Wildman–Crippen MR) is 124 cm³/mol. The number of nitrogens with one attached hydrogen (secondary N) is 1. The lowest BCUT2D eigenvalue weighted by molar-refractivity contribution is -0.118. The number of fused-ring (bicyclic) bond motifs is 1. The minimum atomic E-state index is -0.224. The van der Waals surface area contributed by atoms with E-state index in [2.05, 4.69) is 16.4 Å². The lowest BCUT2D eigenvalue weighted by Crippen LogP contribution is -2.28. The van der Waals surface area contributed by atoms with Gasteiger partial charge in [0, 0.05) is 34.7 Å². The molecule has 2 aromatic carbocycles. The molecule has 160 valence electrons. The van der Waals surface area contributed by atoms with Gasteiger partial charge in [-0.25, -0.2) is 4.98 Å². The van der Waals surface area contributed by atoms with Crippen molar-refractivity contribution in [1.82, 2.24) is 4.98 Å². The van der Waals surface area contributed by atoms with Crippen molar-refractivity contribution < 1.29 is 14.3 Å². The quantitative estimate of drug-likeness (QED) is 0.587. The SMILES string of the molecule is CCCC(=O)N1CCc2cc(-c3nc(NC(=O)c4cccc(OC)c4)sc3C)ccc21. The lowest BCUT2D eigenvalue weighted by atomic mass is 10.1. The number of anilines is 2. The number of amides is 2. The number of carbonyl (C=O) groups is 2. The van der Waals surface area contributed by atoms with Crippen molar-refractivity contribution in [2.75, 3.05) is 23.9 Å². The van der Waals surface area contributed by atoms with E-state index in [9.17, 15) is 9.59 Å². The minimum absolute atomic E-state index is 0.182. The Morgan fingerprint density at radius 2 is 2.06 bits per heavy atom. The molecule has 1 N–H and O–H groups in total. The number of benzene rings is 2. The van der Waals surface area contributed by atoms with Crippen molar-refractivity contribution >= 4 is 34.0 Å². The number of thiazole rings is 1. The van der Waals surface area contributed by atoms with Gasteiger partial charge in [-0.15, -0.1) is 11.3 Å². The third-order valence-electron chi connectivity index (χ3n) is 5.36. The van der Waals surface area contributed by atoms with Gasteiger partial charge in [0.15, 0.2) is 5.13 Å². The first kappa shape index (κ1) is 21.1. The fourth-order valence-corrected chi connectivity index (χ4v) is 4.64. The van der Waals surface area contributed by atoms with Crippen LogP contribution in [0.1, 0.15) is 40.6 Å². The van der Waals surface area contributed by atoms with E-state index in [1.165, 1.54) is 11.3 Å². The number of aromatic nitrogens is 1. The van der Waals surface area contributed by atoms with Gasteiger partial charge in [-0.2, -0.15) is 0 Å². The summed E-state index contributed by atoms with van der Waals surface area (Å²) < 4.78 is 5.19. The number of nitrogens with zero attached hydrogens (tertiary/aromatic N) is 2. The van der Waals surface area contributed by atoms with Crippen LogP contribution in [0.3, 0.4) is 0 Å². The van der Waals surface area contributed by atoms with Crippen molar-refractivity contribution in [1.29, 1.82) is 0 Å². The van der Waals surface area contributed by atoms with Crippen molar-refractivity contribution in [2.24, 2.45) is 0 Å². The van der Waals surface area contributed by atoms with Gasteiger partial charge in [-0.1, -0.05) is 19.1 Å². The summed E-state index contributed by atoms with van der Waals surface area (Å²) in [6.07, 6.45) is 2.27. The Morgan fingerprint density at radius 3 is 2.84 bits per heavy atom. The van der Waals surface area contributed by atoms with Gasteiger partial charge in [0.2, 0.25) is 5.91 Å². The maximum absolute atomic E-state index is 12.6. The minimum Gasteiger partial charge on any atom is -0.497 e. The Kier molecular flexibility index (Phi) is 6.04. The Labute approximate surface area is 185 Å². The number of aryl methyl sites for hydroxylation is 1. The molecule has 0 saturated carbocycles. The van der Waals surface area contributed by atoms with Crippen LogP contribution in [-0.2, 0) is 11.2 Å². The van der Waals surface area contributed by atoms with Crippen LogP contribution in [0, 0.1) is 6.92 Å². The molecule has 6 nitrogen and oxygen atoms in total. The highest BCUT2D eigenvalue weighted by atomic mass is 32.1. The molecule has 0 radical (unpaired) electrons. The molecule has 1 aliphatic rings. The van der Waals surface area contributed by atoms with Crippen molar-refractivity contribution in [3.05, 3.63) is 58.5 Å². The van der Waals surface area contributed by atoms with E-state index >= 15 is 0 Å². The first-order chi connectivity index (χ1) is 15.0. The number of hydrogen-bond donors (Lipinski definition) is 1. The second kappa shape index (κ2) is 8.89. The highest BCUT2D eigenvalue weighted by Gasteiger charge is 2.25. The van der Waals surface area contributed by atoms with E-state index in [-0.39, 0.29) is 11.8 Å². The van der Waals surface area contributed by atoms with E-state index in [4.69, 9.17) is 4.74 Å². The third kappa shape index (κ3) is 4.32. The van der Waals surface area contributed by atoms with Crippen LogP contribution in [0.4, 0.5) is 10.8 Å². The van der Waals surface area contributed by atoms with Gasteiger partial charge in [0.25, 0.3) is 5.91 Å². The zero-order valence-corrected chi connectivity index (χ0v) is 18.7. The summed E-state index contributed by atoms with van der Waals surface area (Å²) >= 11 is 1.45. The predicted octanol–water partition coefficient (Wildman–Crippen LogP) is 5.07. The molecule has 0 aliphatic carbocycles. The van der Waals surface area contributed by atoms with Crippen LogP contribution in [0.25, 0.3) is 11.3 Å². The van der Waals surface area contributed by atoms with Crippen LogP contribution in [0.15, 0.2) is 42.5 Å². The molecule has 3 aromatic rings. The van der Waals surface area contributed by atoms with Crippen LogP contribution in [0.5, 0.6) is 5.75 Å². The van der Waals surface area contributed by atoms with Gasteiger partial charge >= 0.3 is 0 Å². The summed E-state index contributed by atoms with van der Waals surface area (Å²) in [4.78, 5) is 32.5. The molecule has 2 heterocycles. The Bertz CT molecular complexity index is 1140. The molecule has 4 rings (SSSR count). The second-order valence-corrected chi connectivity index (χ2v) is 8.70. The monoisotopic (exact) mass is 435 g/mol. The highest BCUT2D eigenvalue weighted by Crippen LogP contribution is 2.36. The molecule has 7 heteroatoms. The first-order valence-electron chi connectivity index (χ1n) is 10.4. The fraction of sp³-hybridized carbons (Fsp3) is 0.292. The number of ether oxygens (including phenoxy) is 1. The topological polar surface area (TPSA) is 71.5 Å². The Balaban J connectivity index is 1.54. The molecule has 1 aliphatic heterocycles.